The fourth-order valence-corrected chi connectivity index (χ4v) is 3.79. The first-order valence-electron chi connectivity index (χ1n) is 9.06. The number of amidine groups is 1. The van der Waals surface area contributed by atoms with E-state index in [2.05, 4.69) is 16.9 Å². The van der Waals surface area contributed by atoms with Crippen LogP contribution >= 0.6 is 23.4 Å². The number of carbonyl (C=O) groups is 1. The number of hydrogen-bond donors (Lipinski definition) is 2. The van der Waals surface area contributed by atoms with E-state index in [9.17, 15) is 9.90 Å². The fraction of sp³-hybridized carbons (Fsp3) is 0.182. The maximum Gasteiger partial charge on any atom is 0.264 e. The molecule has 0 atom stereocenters. The Bertz CT molecular complexity index is 1030. The highest BCUT2D eigenvalue weighted by molar-refractivity contribution is 8.18. The van der Waals surface area contributed by atoms with Gasteiger partial charge in [-0.15, -0.1) is 6.58 Å². The number of benzene rings is 2. The molecule has 150 valence electrons. The zero-order valence-electron chi connectivity index (χ0n) is 16.2. The zero-order valence-corrected chi connectivity index (χ0v) is 17.7. The summed E-state index contributed by atoms with van der Waals surface area (Å²) in [5.74, 6) is 0.242. The molecule has 5 nitrogen and oxygen atoms in total. The lowest BCUT2D eigenvalue weighted by atomic mass is 10.1. The summed E-state index contributed by atoms with van der Waals surface area (Å²) in [6, 6.07) is 8.97. The second-order valence-corrected chi connectivity index (χ2v) is 7.83. The molecular weight excluding hydrogens is 408 g/mol. The Morgan fingerprint density at radius 3 is 2.86 bits per heavy atom. The van der Waals surface area contributed by atoms with Gasteiger partial charge in [0.1, 0.15) is 0 Å². The summed E-state index contributed by atoms with van der Waals surface area (Å²) in [7, 11) is 0. The standard InChI is InChI=1S/C22H21ClN2O3S/c1-4-6-15-9-14(10-18(20(15)26)28-5-2)11-19-21(27)25-22(29-19)24-17-12-16(23)8-7-13(17)3/h4,7-12,26H,1,5-6H2,2-3H3,(H,24,25,27)/b19-11-. The van der Waals surface area contributed by atoms with Gasteiger partial charge in [-0.25, -0.2) is 4.99 Å². The molecule has 2 aromatic carbocycles. The van der Waals surface area contributed by atoms with Crippen molar-refractivity contribution in [2.24, 2.45) is 4.99 Å². The van der Waals surface area contributed by atoms with E-state index < -0.39 is 0 Å². The van der Waals surface area contributed by atoms with Gasteiger partial charge >= 0.3 is 0 Å². The average Bonchev–Trinajstić information content (AvgIpc) is 3.01. The predicted octanol–water partition coefficient (Wildman–Crippen LogP) is 5.37. The van der Waals surface area contributed by atoms with Crippen molar-refractivity contribution < 1.29 is 14.6 Å². The maximum atomic E-state index is 12.4. The van der Waals surface area contributed by atoms with Gasteiger partial charge in [-0.3, -0.25) is 4.79 Å². The van der Waals surface area contributed by atoms with Crippen LogP contribution in [0.5, 0.6) is 11.5 Å². The van der Waals surface area contributed by atoms with Crippen LogP contribution in [0, 0.1) is 6.92 Å². The molecule has 0 saturated carbocycles. The van der Waals surface area contributed by atoms with Crippen LogP contribution in [0.1, 0.15) is 23.6 Å². The number of ether oxygens (including phenoxy) is 1. The van der Waals surface area contributed by atoms with Crippen molar-refractivity contribution in [2.45, 2.75) is 20.3 Å². The first-order chi connectivity index (χ1) is 13.9. The lowest BCUT2D eigenvalue weighted by Crippen LogP contribution is -2.19. The number of carbonyl (C=O) groups excluding carboxylic acids is 1. The van der Waals surface area contributed by atoms with Gasteiger partial charge in [0.05, 0.1) is 17.2 Å². The van der Waals surface area contributed by atoms with Gasteiger partial charge in [0.2, 0.25) is 0 Å². The predicted molar refractivity (Wildman–Crippen MR) is 120 cm³/mol. The van der Waals surface area contributed by atoms with Gasteiger partial charge in [0.15, 0.2) is 16.7 Å². The second kappa shape index (κ2) is 9.20. The first kappa shape index (κ1) is 21.0. The smallest absolute Gasteiger partial charge is 0.264 e. The fourth-order valence-electron chi connectivity index (χ4n) is 2.79. The van der Waals surface area contributed by atoms with Crippen LogP contribution in [0.25, 0.3) is 6.08 Å². The summed E-state index contributed by atoms with van der Waals surface area (Å²) < 4.78 is 5.52. The molecule has 1 fully saturated rings. The van der Waals surface area contributed by atoms with Gasteiger partial charge in [0, 0.05) is 10.6 Å². The summed E-state index contributed by atoms with van der Waals surface area (Å²) in [6.45, 7) is 7.92. The van der Waals surface area contributed by atoms with Crippen molar-refractivity contribution in [2.75, 3.05) is 6.61 Å². The number of phenols is 1. The van der Waals surface area contributed by atoms with Crippen molar-refractivity contribution in [1.29, 1.82) is 0 Å². The third kappa shape index (κ3) is 5.02. The molecule has 29 heavy (non-hydrogen) atoms. The lowest BCUT2D eigenvalue weighted by Gasteiger charge is -2.11. The third-order valence-electron chi connectivity index (χ3n) is 4.18. The number of allylic oxidation sites excluding steroid dienone is 1. The molecule has 1 saturated heterocycles. The first-order valence-corrected chi connectivity index (χ1v) is 10.3. The molecule has 3 rings (SSSR count). The zero-order chi connectivity index (χ0) is 21.0. The highest BCUT2D eigenvalue weighted by Gasteiger charge is 2.24. The van der Waals surface area contributed by atoms with Gasteiger partial charge < -0.3 is 15.2 Å². The quantitative estimate of drug-likeness (QED) is 0.479. The van der Waals surface area contributed by atoms with Crippen LogP contribution in [-0.4, -0.2) is 22.8 Å². The number of aryl methyl sites for hydroxylation is 1. The van der Waals surface area contributed by atoms with Gasteiger partial charge in [-0.05, 0) is 73.5 Å². The second-order valence-electron chi connectivity index (χ2n) is 6.37. The van der Waals surface area contributed by atoms with Crippen LogP contribution in [0.4, 0.5) is 5.69 Å². The topological polar surface area (TPSA) is 70.9 Å². The molecule has 1 aliphatic rings. The SMILES string of the molecule is C=CCc1cc(/C=C2\SC(=Nc3cc(Cl)ccc3C)NC2=O)cc(OCC)c1O. The molecule has 2 aromatic rings. The monoisotopic (exact) mass is 428 g/mol. The maximum absolute atomic E-state index is 12.4. The lowest BCUT2D eigenvalue weighted by molar-refractivity contribution is -0.115. The Labute approximate surface area is 179 Å². The number of nitrogens with one attached hydrogen (secondary N) is 1. The van der Waals surface area contributed by atoms with Gasteiger partial charge in [-0.2, -0.15) is 0 Å². The number of hydrogen-bond acceptors (Lipinski definition) is 5. The molecule has 7 heteroatoms. The van der Waals surface area contributed by atoms with E-state index >= 15 is 0 Å². The Hall–Kier alpha value is -2.70. The molecule has 0 radical (unpaired) electrons. The molecule has 0 bridgehead atoms. The molecule has 0 unspecified atom stereocenters. The Balaban J connectivity index is 1.93. The van der Waals surface area contributed by atoms with E-state index in [1.165, 1.54) is 11.8 Å². The average molecular weight is 429 g/mol. The van der Waals surface area contributed by atoms with Crippen LogP contribution in [0.15, 0.2) is 52.9 Å². The normalized spacial score (nSPS) is 16.3. The number of amides is 1. The minimum atomic E-state index is -0.232. The summed E-state index contributed by atoms with van der Waals surface area (Å²) in [5, 5.41) is 14.2. The molecule has 1 heterocycles. The number of halogens is 1. The van der Waals surface area contributed by atoms with Gasteiger partial charge in [0.25, 0.3) is 5.91 Å². The van der Waals surface area contributed by atoms with Crippen LogP contribution < -0.4 is 10.1 Å². The van der Waals surface area contributed by atoms with Crippen LogP contribution in [-0.2, 0) is 11.2 Å². The van der Waals surface area contributed by atoms with Gasteiger partial charge in [-0.1, -0.05) is 23.7 Å². The molecular formula is C22H21ClN2O3S. The van der Waals surface area contributed by atoms with Crippen molar-refractivity contribution in [3.8, 4) is 11.5 Å². The molecule has 1 aliphatic heterocycles. The highest BCUT2D eigenvalue weighted by Crippen LogP contribution is 2.35. The minimum Gasteiger partial charge on any atom is -0.504 e. The van der Waals surface area contributed by atoms with E-state index in [0.29, 0.717) is 45.1 Å². The summed E-state index contributed by atoms with van der Waals surface area (Å²) in [5.41, 5.74) is 3.10. The van der Waals surface area contributed by atoms with Crippen LogP contribution in [0.2, 0.25) is 5.02 Å². The number of thioether (sulfide) groups is 1. The third-order valence-corrected chi connectivity index (χ3v) is 5.33. The number of nitrogens with zero attached hydrogens (tertiary/aromatic N) is 1. The van der Waals surface area contributed by atoms with E-state index in [1.54, 1.807) is 30.4 Å². The van der Waals surface area contributed by atoms with Crippen molar-refractivity contribution in [3.63, 3.8) is 0 Å². The number of rotatable bonds is 6. The number of aliphatic imine (C=N–C) groups is 1. The molecule has 1 amide bonds. The number of phenolic OH excluding ortho intramolecular Hbond substituents is 1. The Morgan fingerprint density at radius 1 is 1.34 bits per heavy atom. The molecule has 0 spiro atoms. The van der Waals surface area contributed by atoms with E-state index in [0.717, 1.165) is 11.1 Å². The minimum absolute atomic E-state index is 0.0936. The molecule has 0 aromatic heterocycles. The number of aromatic hydroxyl groups is 1. The summed E-state index contributed by atoms with van der Waals surface area (Å²) >= 11 is 7.30. The van der Waals surface area contributed by atoms with Crippen molar-refractivity contribution >= 4 is 46.2 Å². The molecule has 0 aliphatic carbocycles. The summed E-state index contributed by atoms with van der Waals surface area (Å²) in [6.07, 6.45) is 3.95. The largest absolute Gasteiger partial charge is 0.504 e. The van der Waals surface area contributed by atoms with Crippen molar-refractivity contribution in [1.82, 2.24) is 5.32 Å². The highest BCUT2D eigenvalue weighted by atomic mass is 35.5. The Morgan fingerprint density at radius 2 is 2.14 bits per heavy atom. The Kier molecular flexibility index (Phi) is 6.67. The van der Waals surface area contributed by atoms with E-state index in [1.807, 2.05) is 26.0 Å². The van der Waals surface area contributed by atoms with Crippen molar-refractivity contribution in [3.05, 3.63) is 69.6 Å². The summed E-state index contributed by atoms with van der Waals surface area (Å²) in [4.78, 5) is 17.4. The van der Waals surface area contributed by atoms with Crippen LogP contribution in [0.3, 0.4) is 0 Å². The van der Waals surface area contributed by atoms with E-state index in [-0.39, 0.29) is 11.7 Å². The van der Waals surface area contributed by atoms with E-state index in [4.69, 9.17) is 16.3 Å². The molecule has 2 N–H and O–H groups in total.